The van der Waals surface area contributed by atoms with E-state index in [-0.39, 0.29) is 22.8 Å². The third-order valence-electron chi connectivity index (χ3n) is 4.91. The summed E-state index contributed by atoms with van der Waals surface area (Å²) in [6.45, 7) is 1.76. The van der Waals surface area contributed by atoms with Gasteiger partial charge in [-0.15, -0.1) is 0 Å². The summed E-state index contributed by atoms with van der Waals surface area (Å²) in [6.07, 6.45) is 4.22. The topological polar surface area (TPSA) is 82.9 Å². The average Bonchev–Trinajstić information content (AvgIpc) is 3.26. The van der Waals surface area contributed by atoms with Crippen LogP contribution in [0.15, 0.2) is 21.6 Å². The normalized spacial score (nSPS) is 26.1. The monoisotopic (exact) mass is 341 g/mol. The van der Waals surface area contributed by atoms with Gasteiger partial charge in [0, 0.05) is 18.6 Å². The number of carbonyl (C=O) groups is 1. The number of sulfonamides is 1. The van der Waals surface area contributed by atoms with Crippen LogP contribution in [-0.2, 0) is 10.0 Å². The lowest BCUT2D eigenvalue weighted by Gasteiger charge is -2.32. The molecule has 0 radical (unpaired) electrons. The molecule has 1 amide bonds. The van der Waals surface area contributed by atoms with Crippen molar-refractivity contribution < 1.29 is 17.6 Å². The molecule has 0 aromatic carbocycles. The highest BCUT2D eigenvalue weighted by molar-refractivity contribution is 7.89. The maximum atomic E-state index is 12.7. The maximum Gasteiger partial charge on any atom is 0.289 e. The Morgan fingerprint density at radius 3 is 2.57 bits per heavy atom. The first-order valence-electron chi connectivity index (χ1n) is 7.98. The van der Waals surface area contributed by atoms with Gasteiger partial charge in [-0.05, 0) is 58.5 Å². The number of likely N-dealkylation sites (N-methyl/N-ethyl adjacent to an activating group) is 1. The van der Waals surface area contributed by atoms with E-state index in [2.05, 4.69) is 16.7 Å². The minimum absolute atomic E-state index is 0.0892. The van der Waals surface area contributed by atoms with Gasteiger partial charge in [0.05, 0.1) is 0 Å². The summed E-state index contributed by atoms with van der Waals surface area (Å²) >= 11 is 0. The molecule has 2 aliphatic rings. The van der Waals surface area contributed by atoms with Gasteiger partial charge in [0.25, 0.3) is 15.9 Å². The zero-order valence-electron chi connectivity index (χ0n) is 13.5. The van der Waals surface area contributed by atoms with Crippen LogP contribution in [0.25, 0.3) is 0 Å². The van der Waals surface area contributed by atoms with E-state index in [0.717, 1.165) is 32.2 Å². The molecule has 3 heterocycles. The van der Waals surface area contributed by atoms with E-state index in [0.29, 0.717) is 12.6 Å². The van der Waals surface area contributed by atoms with Crippen molar-refractivity contribution in [3.05, 3.63) is 17.9 Å². The zero-order valence-corrected chi connectivity index (χ0v) is 14.3. The van der Waals surface area contributed by atoms with Crippen LogP contribution < -0.4 is 4.72 Å². The number of hydrogen-bond donors (Lipinski definition) is 1. The molecule has 23 heavy (non-hydrogen) atoms. The summed E-state index contributed by atoms with van der Waals surface area (Å²) in [6, 6.07) is 3.34. The zero-order chi connectivity index (χ0) is 16.6. The second-order valence-corrected chi connectivity index (χ2v) is 8.04. The molecule has 0 spiro atoms. The second kappa shape index (κ2) is 6.26. The van der Waals surface area contributed by atoms with Crippen molar-refractivity contribution in [2.75, 3.05) is 27.2 Å². The Hall–Kier alpha value is -1.38. The molecule has 0 saturated carbocycles. The van der Waals surface area contributed by atoms with Crippen LogP contribution in [-0.4, -0.2) is 63.4 Å². The molecule has 128 valence electrons. The summed E-state index contributed by atoms with van der Waals surface area (Å²) in [7, 11) is -0.256. The first kappa shape index (κ1) is 16.5. The molecule has 2 saturated heterocycles. The molecule has 7 nitrogen and oxygen atoms in total. The molecule has 0 bridgehead atoms. The number of amides is 1. The van der Waals surface area contributed by atoms with Crippen LogP contribution >= 0.6 is 0 Å². The van der Waals surface area contributed by atoms with Crippen molar-refractivity contribution in [3.8, 4) is 0 Å². The van der Waals surface area contributed by atoms with E-state index in [9.17, 15) is 13.2 Å². The Balaban J connectivity index is 1.79. The van der Waals surface area contributed by atoms with Gasteiger partial charge in [-0.1, -0.05) is 0 Å². The lowest BCUT2D eigenvalue weighted by atomic mass is 10.0. The molecular weight excluding hydrogens is 318 g/mol. The van der Waals surface area contributed by atoms with E-state index >= 15 is 0 Å². The Morgan fingerprint density at radius 2 is 1.91 bits per heavy atom. The molecule has 3 rings (SSSR count). The van der Waals surface area contributed by atoms with Crippen molar-refractivity contribution in [3.63, 3.8) is 0 Å². The highest BCUT2D eigenvalue weighted by Crippen LogP contribution is 2.30. The summed E-state index contributed by atoms with van der Waals surface area (Å²) in [5, 5.41) is -0.225. The molecule has 0 unspecified atom stereocenters. The van der Waals surface area contributed by atoms with Gasteiger partial charge < -0.3 is 14.2 Å². The molecule has 2 aliphatic heterocycles. The number of likely N-dealkylation sites (tertiary alicyclic amines) is 2. The first-order valence-corrected chi connectivity index (χ1v) is 9.47. The van der Waals surface area contributed by atoms with Gasteiger partial charge >= 0.3 is 0 Å². The predicted molar refractivity (Wildman–Crippen MR) is 84.7 cm³/mol. The number of nitrogens with zero attached hydrogens (tertiary/aromatic N) is 2. The summed E-state index contributed by atoms with van der Waals surface area (Å²) < 4.78 is 31.0. The van der Waals surface area contributed by atoms with Crippen LogP contribution in [0.1, 0.15) is 36.2 Å². The van der Waals surface area contributed by atoms with E-state index in [1.165, 1.54) is 19.2 Å². The van der Waals surface area contributed by atoms with Gasteiger partial charge in [0.1, 0.15) is 0 Å². The summed E-state index contributed by atoms with van der Waals surface area (Å²) in [5.74, 6) is -0.128. The van der Waals surface area contributed by atoms with Crippen molar-refractivity contribution in [1.82, 2.24) is 14.5 Å². The van der Waals surface area contributed by atoms with Crippen molar-refractivity contribution in [2.45, 2.75) is 42.9 Å². The molecule has 0 aliphatic carbocycles. The number of rotatable bonds is 4. The fourth-order valence-electron chi connectivity index (χ4n) is 3.69. The smallest absolute Gasteiger partial charge is 0.289 e. The van der Waals surface area contributed by atoms with E-state index in [1.54, 1.807) is 0 Å². The average molecular weight is 341 g/mol. The van der Waals surface area contributed by atoms with Crippen molar-refractivity contribution in [1.29, 1.82) is 0 Å². The van der Waals surface area contributed by atoms with E-state index < -0.39 is 10.0 Å². The maximum absolute atomic E-state index is 12.7. The van der Waals surface area contributed by atoms with Crippen LogP contribution in [0.2, 0.25) is 0 Å². The lowest BCUT2D eigenvalue weighted by Crippen LogP contribution is -2.47. The number of furan rings is 1. The fourth-order valence-corrected chi connectivity index (χ4v) is 4.34. The number of nitrogens with one attached hydrogen (secondary N) is 1. The fraction of sp³-hybridized carbons (Fsp3) is 0.667. The summed E-state index contributed by atoms with van der Waals surface area (Å²) in [5.41, 5.74) is 0. The summed E-state index contributed by atoms with van der Waals surface area (Å²) in [4.78, 5) is 16.9. The van der Waals surface area contributed by atoms with Crippen molar-refractivity contribution in [2.24, 2.45) is 0 Å². The Labute approximate surface area is 136 Å². The van der Waals surface area contributed by atoms with Crippen LogP contribution in [0.3, 0.4) is 0 Å². The van der Waals surface area contributed by atoms with Crippen LogP contribution in [0, 0.1) is 0 Å². The molecule has 2 fully saturated rings. The van der Waals surface area contributed by atoms with Gasteiger partial charge in [-0.25, -0.2) is 13.1 Å². The third-order valence-corrected chi connectivity index (χ3v) is 6.19. The van der Waals surface area contributed by atoms with E-state index in [4.69, 9.17) is 4.42 Å². The molecule has 1 N–H and O–H groups in total. The predicted octanol–water partition coefficient (Wildman–Crippen LogP) is 0.886. The SMILES string of the molecule is CNS(=O)(=O)c1ccc(C(=O)N2CCC[C@@H]2[C@@H]2CCCN2C)o1. The molecule has 2 atom stereocenters. The van der Waals surface area contributed by atoms with Gasteiger partial charge in [-0.3, -0.25) is 4.79 Å². The Bertz CT molecular complexity index is 685. The second-order valence-electron chi connectivity index (χ2n) is 6.22. The number of hydrogen-bond acceptors (Lipinski definition) is 5. The van der Waals surface area contributed by atoms with E-state index in [1.807, 2.05) is 4.90 Å². The molecular formula is C15H23N3O4S. The van der Waals surface area contributed by atoms with Crippen molar-refractivity contribution >= 4 is 15.9 Å². The van der Waals surface area contributed by atoms with Gasteiger partial charge in [-0.2, -0.15) is 0 Å². The lowest BCUT2D eigenvalue weighted by molar-refractivity contribution is 0.0627. The van der Waals surface area contributed by atoms with Crippen LogP contribution in [0.5, 0.6) is 0 Å². The minimum atomic E-state index is -3.67. The number of carbonyl (C=O) groups excluding carboxylic acids is 1. The highest BCUT2D eigenvalue weighted by Gasteiger charge is 2.39. The molecule has 1 aromatic rings. The van der Waals surface area contributed by atoms with Gasteiger partial charge in [0.2, 0.25) is 5.09 Å². The largest absolute Gasteiger partial charge is 0.438 e. The first-order chi connectivity index (χ1) is 10.9. The van der Waals surface area contributed by atoms with Gasteiger partial charge in [0.15, 0.2) is 5.76 Å². The molecule has 8 heteroatoms. The molecule has 1 aromatic heterocycles. The minimum Gasteiger partial charge on any atom is -0.438 e. The highest BCUT2D eigenvalue weighted by atomic mass is 32.2. The Kier molecular flexibility index (Phi) is 4.48. The standard InChI is InChI=1S/C15H23N3O4S/c1-16-23(20,21)14-8-7-13(22-14)15(19)18-10-4-6-12(18)11-5-3-9-17(11)2/h7-8,11-12,16H,3-6,9-10H2,1-2H3/t11-,12+/m0/s1. The van der Waals surface area contributed by atoms with Crippen LogP contribution in [0.4, 0.5) is 0 Å². The third kappa shape index (κ3) is 3.02. The quantitative estimate of drug-likeness (QED) is 0.879. The Morgan fingerprint density at radius 1 is 1.22 bits per heavy atom.